The minimum atomic E-state index is -0.827. The van der Waals surface area contributed by atoms with Gasteiger partial charge in [-0.15, -0.1) is 0 Å². The highest BCUT2D eigenvalue weighted by molar-refractivity contribution is 5.84. The molecule has 4 nitrogen and oxygen atoms in total. The van der Waals surface area contributed by atoms with Crippen LogP contribution in [0, 0.1) is 0 Å². The summed E-state index contributed by atoms with van der Waals surface area (Å²) in [5.74, 6) is -0.182. The Labute approximate surface area is 120 Å². The standard InChI is InChI=1S/C16H24N2O2/c1-3-8-16(2,20)11-18-15(19)14-10-17-9-12-6-4-5-7-13(12)14/h4-7,14,17,20H,3,8-11H2,1-2H3,(H,18,19). The highest BCUT2D eigenvalue weighted by atomic mass is 16.3. The van der Waals surface area contributed by atoms with Crippen LogP contribution in [0.15, 0.2) is 24.3 Å². The van der Waals surface area contributed by atoms with Crippen LogP contribution in [0.3, 0.4) is 0 Å². The molecule has 1 aliphatic rings. The number of aliphatic hydroxyl groups is 1. The molecule has 0 fully saturated rings. The van der Waals surface area contributed by atoms with Crippen LogP contribution in [0.2, 0.25) is 0 Å². The molecule has 0 radical (unpaired) electrons. The Bertz CT molecular complexity index is 471. The van der Waals surface area contributed by atoms with Crippen LogP contribution in [0.25, 0.3) is 0 Å². The topological polar surface area (TPSA) is 61.4 Å². The van der Waals surface area contributed by atoms with E-state index < -0.39 is 5.60 Å². The van der Waals surface area contributed by atoms with Crippen molar-refractivity contribution in [3.05, 3.63) is 35.4 Å². The first-order valence-corrected chi connectivity index (χ1v) is 7.32. The Hall–Kier alpha value is -1.39. The molecule has 3 N–H and O–H groups in total. The molecule has 0 spiro atoms. The smallest absolute Gasteiger partial charge is 0.228 e. The first-order chi connectivity index (χ1) is 9.53. The van der Waals surface area contributed by atoms with Gasteiger partial charge in [-0.1, -0.05) is 37.6 Å². The molecule has 1 heterocycles. The number of fused-ring (bicyclic) bond motifs is 1. The van der Waals surface area contributed by atoms with Gasteiger partial charge in [-0.3, -0.25) is 4.79 Å². The SMILES string of the molecule is CCCC(C)(O)CNC(=O)C1CNCc2ccccc21. The van der Waals surface area contributed by atoms with E-state index in [1.165, 1.54) is 5.56 Å². The summed E-state index contributed by atoms with van der Waals surface area (Å²) in [6.45, 7) is 5.56. The predicted molar refractivity (Wildman–Crippen MR) is 79.4 cm³/mol. The lowest BCUT2D eigenvalue weighted by Crippen LogP contribution is -2.45. The van der Waals surface area contributed by atoms with E-state index in [9.17, 15) is 9.90 Å². The van der Waals surface area contributed by atoms with Crippen LogP contribution in [0.4, 0.5) is 0 Å². The third kappa shape index (κ3) is 3.58. The average Bonchev–Trinajstić information content (AvgIpc) is 2.44. The second kappa shape index (κ2) is 6.37. The highest BCUT2D eigenvalue weighted by Crippen LogP contribution is 2.24. The van der Waals surface area contributed by atoms with Gasteiger partial charge >= 0.3 is 0 Å². The van der Waals surface area contributed by atoms with E-state index in [2.05, 4.69) is 16.7 Å². The van der Waals surface area contributed by atoms with Crippen LogP contribution in [-0.4, -0.2) is 29.7 Å². The minimum absolute atomic E-state index is 0.0129. The summed E-state index contributed by atoms with van der Waals surface area (Å²) < 4.78 is 0. The van der Waals surface area contributed by atoms with Crippen molar-refractivity contribution < 1.29 is 9.90 Å². The van der Waals surface area contributed by atoms with Crippen LogP contribution >= 0.6 is 0 Å². The van der Waals surface area contributed by atoms with Crippen molar-refractivity contribution >= 4 is 5.91 Å². The third-order valence-corrected chi connectivity index (χ3v) is 3.84. The van der Waals surface area contributed by atoms with Gasteiger partial charge in [0.2, 0.25) is 5.91 Å². The van der Waals surface area contributed by atoms with Gasteiger partial charge < -0.3 is 15.7 Å². The molecule has 2 rings (SSSR count). The molecule has 0 bridgehead atoms. The van der Waals surface area contributed by atoms with Crippen molar-refractivity contribution in [3.63, 3.8) is 0 Å². The zero-order valence-electron chi connectivity index (χ0n) is 12.3. The second-order valence-electron chi connectivity index (χ2n) is 5.85. The fourth-order valence-corrected chi connectivity index (χ4v) is 2.76. The summed E-state index contributed by atoms with van der Waals surface area (Å²) in [6.07, 6.45) is 1.59. The van der Waals surface area contributed by atoms with Crippen molar-refractivity contribution in [2.24, 2.45) is 0 Å². The Kier molecular flexibility index (Phi) is 4.78. The molecule has 0 saturated carbocycles. The third-order valence-electron chi connectivity index (χ3n) is 3.84. The van der Waals surface area contributed by atoms with E-state index in [0.29, 0.717) is 19.5 Å². The van der Waals surface area contributed by atoms with E-state index in [4.69, 9.17) is 0 Å². The number of hydrogen-bond acceptors (Lipinski definition) is 3. The number of rotatable bonds is 5. The largest absolute Gasteiger partial charge is 0.388 e. The Morgan fingerprint density at radius 1 is 1.50 bits per heavy atom. The molecular formula is C16H24N2O2. The summed E-state index contributed by atoms with van der Waals surface area (Å²) in [7, 11) is 0. The van der Waals surface area contributed by atoms with Gasteiger partial charge in [0.15, 0.2) is 0 Å². The van der Waals surface area contributed by atoms with Gasteiger partial charge in [-0.2, -0.15) is 0 Å². The molecule has 2 unspecified atom stereocenters. The Balaban J connectivity index is 2.01. The van der Waals surface area contributed by atoms with E-state index >= 15 is 0 Å². The van der Waals surface area contributed by atoms with Gasteiger partial charge in [0.25, 0.3) is 0 Å². The summed E-state index contributed by atoms with van der Waals surface area (Å²) >= 11 is 0. The molecule has 20 heavy (non-hydrogen) atoms. The first-order valence-electron chi connectivity index (χ1n) is 7.32. The normalized spacial score (nSPS) is 20.9. The lowest BCUT2D eigenvalue weighted by molar-refractivity contribution is -0.123. The van der Waals surface area contributed by atoms with Crippen molar-refractivity contribution in [1.29, 1.82) is 0 Å². The van der Waals surface area contributed by atoms with E-state index in [0.717, 1.165) is 18.5 Å². The molecule has 0 aromatic heterocycles. The summed E-state index contributed by atoms with van der Waals surface area (Å²) in [5.41, 5.74) is 1.45. The van der Waals surface area contributed by atoms with Gasteiger partial charge in [0, 0.05) is 19.6 Å². The van der Waals surface area contributed by atoms with Crippen molar-refractivity contribution in [2.75, 3.05) is 13.1 Å². The zero-order chi connectivity index (χ0) is 14.6. The van der Waals surface area contributed by atoms with Crippen molar-refractivity contribution in [2.45, 2.75) is 44.8 Å². The average molecular weight is 276 g/mol. The van der Waals surface area contributed by atoms with Crippen LogP contribution in [0.5, 0.6) is 0 Å². The number of nitrogens with one attached hydrogen (secondary N) is 2. The second-order valence-corrected chi connectivity index (χ2v) is 5.85. The molecule has 1 aliphatic heterocycles. The zero-order valence-corrected chi connectivity index (χ0v) is 12.3. The maximum absolute atomic E-state index is 12.3. The maximum atomic E-state index is 12.3. The molecule has 0 saturated heterocycles. The van der Waals surface area contributed by atoms with E-state index in [1.54, 1.807) is 6.92 Å². The maximum Gasteiger partial charge on any atom is 0.228 e. The fourth-order valence-electron chi connectivity index (χ4n) is 2.76. The van der Waals surface area contributed by atoms with Crippen molar-refractivity contribution in [1.82, 2.24) is 10.6 Å². The van der Waals surface area contributed by atoms with Crippen molar-refractivity contribution in [3.8, 4) is 0 Å². The number of carbonyl (C=O) groups is 1. The molecule has 110 valence electrons. The summed E-state index contributed by atoms with van der Waals surface area (Å²) in [5, 5.41) is 16.3. The Morgan fingerprint density at radius 3 is 3.00 bits per heavy atom. The summed E-state index contributed by atoms with van der Waals surface area (Å²) in [6, 6.07) is 8.03. The van der Waals surface area contributed by atoms with Gasteiger partial charge in [-0.05, 0) is 24.5 Å². The molecule has 1 amide bonds. The van der Waals surface area contributed by atoms with E-state index in [-0.39, 0.29) is 11.8 Å². The highest BCUT2D eigenvalue weighted by Gasteiger charge is 2.27. The number of benzene rings is 1. The van der Waals surface area contributed by atoms with Crippen LogP contribution in [-0.2, 0) is 11.3 Å². The minimum Gasteiger partial charge on any atom is -0.388 e. The summed E-state index contributed by atoms with van der Waals surface area (Å²) in [4.78, 5) is 12.3. The number of carbonyl (C=O) groups excluding carboxylic acids is 1. The monoisotopic (exact) mass is 276 g/mol. The fraction of sp³-hybridized carbons (Fsp3) is 0.562. The lowest BCUT2D eigenvalue weighted by atomic mass is 9.90. The first kappa shape index (κ1) is 15.0. The Morgan fingerprint density at radius 2 is 2.25 bits per heavy atom. The van der Waals surface area contributed by atoms with Gasteiger partial charge in [0.1, 0.15) is 0 Å². The molecule has 1 aromatic rings. The van der Waals surface area contributed by atoms with Gasteiger partial charge in [0.05, 0.1) is 11.5 Å². The molecular weight excluding hydrogens is 252 g/mol. The molecule has 4 heteroatoms. The number of hydrogen-bond donors (Lipinski definition) is 3. The van der Waals surface area contributed by atoms with E-state index in [1.807, 2.05) is 25.1 Å². The molecule has 2 atom stereocenters. The van der Waals surface area contributed by atoms with Gasteiger partial charge in [-0.25, -0.2) is 0 Å². The molecule has 0 aliphatic carbocycles. The molecule has 1 aromatic carbocycles. The lowest BCUT2D eigenvalue weighted by Gasteiger charge is -2.28. The quantitative estimate of drug-likeness (QED) is 0.764. The van der Waals surface area contributed by atoms with Crippen LogP contribution in [0.1, 0.15) is 43.7 Å². The predicted octanol–water partition coefficient (Wildman–Crippen LogP) is 1.54. The van der Waals surface area contributed by atoms with Crippen LogP contribution < -0.4 is 10.6 Å². The number of amides is 1.